The van der Waals surface area contributed by atoms with Gasteiger partial charge >= 0.3 is 0 Å². The first-order valence-corrected chi connectivity index (χ1v) is 6.32. The summed E-state index contributed by atoms with van der Waals surface area (Å²) in [5, 5.41) is 2.77. The Balaban J connectivity index is 1.88. The summed E-state index contributed by atoms with van der Waals surface area (Å²) < 4.78 is 10.5. The molecule has 0 atom stereocenters. The lowest BCUT2D eigenvalue weighted by Crippen LogP contribution is -2.21. The van der Waals surface area contributed by atoms with E-state index in [2.05, 4.69) is 5.32 Å². The Morgan fingerprint density at radius 3 is 3.00 bits per heavy atom. The number of carbonyl (C=O) groups excluding carboxylic acids is 1. The van der Waals surface area contributed by atoms with Crippen LogP contribution in [0.15, 0.2) is 36.4 Å². The van der Waals surface area contributed by atoms with E-state index in [1.54, 1.807) is 6.08 Å². The first kappa shape index (κ1) is 13.2. The minimum absolute atomic E-state index is 0.0720. The van der Waals surface area contributed by atoms with Crippen LogP contribution in [0, 0.1) is 0 Å². The van der Waals surface area contributed by atoms with Crippen molar-refractivity contribution in [1.29, 1.82) is 0 Å². The van der Waals surface area contributed by atoms with Crippen LogP contribution < -0.4 is 14.8 Å². The van der Waals surface area contributed by atoms with Crippen LogP contribution in [-0.4, -0.2) is 19.2 Å². The van der Waals surface area contributed by atoms with Gasteiger partial charge in [0.1, 0.15) is 0 Å². The van der Waals surface area contributed by atoms with Crippen LogP contribution in [0.5, 0.6) is 11.5 Å². The highest BCUT2D eigenvalue weighted by Crippen LogP contribution is 2.32. The second-order valence-corrected chi connectivity index (χ2v) is 4.12. The van der Waals surface area contributed by atoms with Gasteiger partial charge in [-0.15, -0.1) is 0 Å². The van der Waals surface area contributed by atoms with Crippen LogP contribution in [0.4, 0.5) is 0 Å². The summed E-state index contributed by atoms with van der Waals surface area (Å²) in [6.45, 7) is 3.00. The topological polar surface area (TPSA) is 47.6 Å². The van der Waals surface area contributed by atoms with Gasteiger partial charge < -0.3 is 14.8 Å². The number of hydrogen-bond donors (Lipinski definition) is 1. The normalized spacial score (nSPS) is 13.3. The van der Waals surface area contributed by atoms with Crippen molar-refractivity contribution in [3.05, 3.63) is 42.0 Å². The number of allylic oxidation sites excluding steroid dienone is 2. The highest BCUT2D eigenvalue weighted by molar-refractivity contribution is 5.87. The number of carbonyl (C=O) groups is 1. The molecule has 19 heavy (non-hydrogen) atoms. The molecular weight excluding hydrogens is 242 g/mol. The zero-order valence-corrected chi connectivity index (χ0v) is 10.9. The van der Waals surface area contributed by atoms with Crippen molar-refractivity contribution in [1.82, 2.24) is 5.32 Å². The average Bonchev–Trinajstić information content (AvgIpc) is 2.88. The van der Waals surface area contributed by atoms with Crippen LogP contribution in [0.25, 0.3) is 6.08 Å². The van der Waals surface area contributed by atoms with Gasteiger partial charge in [0.15, 0.2) is 11.5 Å². The Kier molecular flexibility index (Phi) is 4.61. The van der Waals surface area contributed by atoms with Gasteiger partial charge in [-0.2, -0.15) is 0 Å². The van der Waals surface area contributed by atoms with Crippen LogP contribution >= 0.6 is 0 Å². The molecule has 4 heteroatoms. The zero-order chi connectivity index (χ0) is 13.5. The fraction of sp³-hybridized carbons (Fsp3) is 0.267. The predicted octanol–water partition coefficient (Wildman–Crippen LogP) is 2.51. The van der Waals surface area contributed by atoms with Gasteiger partial charge in [-0.1, -0.05) is 31.2 Å². The molecule has 0 radical (unpaired) electrons. The Morgan fingerprint density at radius 2 is 2.16 bits per heavy atom. The monoisotopic (exact) mass is 259 g/mol. The highest BCUT2D eigenvalue weighted by atomic mass is 16.7. The molecule has 100 valence electrons. The van der Waals surface area contributed by atoms with Crippen molar-refractivity contribution in [2.75, 3.05) is 13.3 Å². The maximum absolute atomic E-state index is 11.3. The number of amides is 1. The summed E-state index contributed by atoms with van der Waals surface area (Å²) in [4.78, 5) is 11.3. The fourth-order valence-electron chi connectivity index (χ4n) is 1.63. The molecule has 0 fully saturated rings. The lowest BCUT2D eigenvalue weighted by atomic mass is 10.2. The van der Waals surface area contributed by atoms with E-state index < -0.39 is 0 Å². The highest BCUT2D eigenvalue weighted by Gasteiger charge is 2.11. The number of fused-ring (bicyclic) bond motifs is 1. The van der Waals surface area contributed by atoms with Crippen molar-refractivity contribution in [3.63, 3.8) is 0 Å². The van der Waals surface area contributed by atoms with Crippen molar-refractivity contribution in [2.45, 2.75) is 13.3 Å². The Hall–Kier alpha value is -2.23. The molecule has 0 aliphatic carbocycles. The van der Waals surface area contributed by atoms with E-state index in [-0.39, 0.29) is 12.7 Å². The molecule has 0 saturated carbocycles. The van der Waals surface area contributed by atoms with Crippen molar-refractivity contribution in [2.24, 2.45) is 0 Å². The molecule has 1 N–H and O–H groups in total. The molecule has 0 aromatic heterocycles. The summed E-state index contributed by atoms with van der Waals surface area (Å²) in [5.74, 6) is 1.45. The zero-order valence-electron chi connectivity index (χ0n) is 10.9. The molecule has 2 rings (SSSR count). The number of hydrogen-bond acceptors (Lipinski definition) is 3. The molecule has 0 bridgehead atoms. The minimum Gasteiger partial charge on any atom is -0.454 e. The van der Waals surface area contributed by atoms with Crippen LogP contribution in [0.2, 0.25) is 0 Å². The number of benzene rings is 1. The van der Waals surface area contributed by atoms with E-state index in [1.807, 2.05) is 37.3 Å². The van der Waals surface area contributed by atoms with Gasteiger partial charge in [-0.25, -0.2) is 0 Å². The summed E-state index contributed by atoms with van der Waals surface area (Å²) in [7, 11) is 0. The third-order valence-corrected chi connectivity index (χ3v) is 2.59. The van der Waals surface area contributed by atoms with E-state index >= 15 is 0 Å². The fourth-order valence-corrected chi connectivity index (χ4v) is 1.63. The molecule has 1 aromatic rings. The number of ether oxygens (including phenoxy) is 2. The van der Waals surface area contributed by atoms with E-state index in [1.165, 1.54) is 6.08 Å². The second kappa shape index (κ2) is 6.64. The van der Waals surface area contributed by atoms with Gasteiger partial charge in [0.2, 0.25) is 12.7 Å². The lowest BCUT2D eigenvalue weighted by molar-refractivity contribution is -0.116. The van der Waals surface area contributed by atoms with Gasteiger partial charge in [-0.3, -0.25) is 4.79 Å². The SMILES string of the molecule is CCCNC(=O)/C=C/C=Cc1ccc2c(c1)OCO2. The quantitative estimate of drug-likeness (QED) is 0.653. The number of rotatable bonds is 5. The maximum atomic E-state index is 11.3. The standard InChI is InChI=1S/C15H17NO3/c1-2-9-16-15(17)6-4-3-5-12-7-8-13-14(10-12)19-11-18-13/h3-8,10H,2,9,11H2,1H3,(H,16,17)/b5-3?,6-4+. The molecule has 0 unspecified atom stereocenters. The lowest BCUT2D eigenvalue weighted by Gasteiger charge is -1.97. The Bertz CT molecular complexity index is 506. The molecule has 1 amide bonds. The third-order valence-electron chi connectivity index (χ3n) is 2.59. The summed E-state index contributed by atoms with van der Waals surface area (Å²) >= 11 is 0. The molecule has 1 aliphatic heterocycles. The van der Waals surface area contributed by atoms with E-state index in [0.29, 0.717) is 6.54 Å². The third kappa shape index (κ3) is 3.88. The molecule has 0 saturated heterocycles. The van der Waals surface area contributed by atoms with E-state index in [9.17, 15) is 4.79 Å². The first-order chi connectivity index (χ1) is 9.29. The van der Waals surface area contributed by atoms with E-state index in [4.69, 9.17) is 9.47 Å². The smallest absolute Gasteiger partial charge is 0.243 e. The Morgan fingerprint density at radius 1 is 1.32 bits per heavy atom. The molecule has 1 aliphatic rings. The first-order valence-electron chi connectivity index (χ1n) is 6.32. The van der Waals surface area contributed by atoms with Crippen molar-refractivity contribution >= 4 is 12.0 Å². The molecular formula is C15H17NO3. The average molecular weight is 259 g/mol. The van der Waals surface area contributed by atoms with Crippen LogP contribution in [0.1, 0.15) is 18.9 Å². The maximum Gasteiger partial charge on any atom is 0.243 e. The molecule has 1 aromatic carbocycles. The van der Waals surface area contributed by atoms with Crippen LogP contribution in [-0.2, 0) is 4.79 Å². The molecule has 0 spiro atoms. The predicted molar refractivity (Wildman–Crippen MR) is 74.0 cm³/mol. The minimum atomic E-state index is -0.0720. The van der Waals surface area contributed by atoms with E-state index in [0.717, 1.165) is 23.5 Å². The van der Waals surface area contributed by atoms with Gasteiger partial charge in [0.05, 0.1) is 0 Å². The van der Waals surface area contributed by atoms with Gasteiger partial charge in [0.25, 0.3) is 0 Å². The Labute approximate surface area is 112 Å². The molecule has 1 heterocycles. The van der Waals surface area contributed by atoms with Crippen molar-refractivity contribution < 1.29 is 14.3 Å². The summed E-state index contributed by atoms with van der Waals surface area (Å²) in [6, 6.07) is 5.72. The largest absolute Gasteiger partial charge is 0.454 e. The molecule has 4 nitrogen and oxygen atoms in total. The second-order valence-electron chi connectivity index (χ2n) is 4.12. The van der Waals surface area contributed by atoms with Gasteiger partial charge in [0, 0.05) is 12.6 Å². The van der Waals surface area contributed by atoms with Gasteiger partial charge in [-0.05, 0) is 24.1 Å². The van der Waals surface area contributed by atoms with Crippen LogP contribution in [0.3, 0.4) is 0 Å². The van der Waals surface area contributed by atoms with Crippen molar-refractivity contribution in [3.8, 4) is 11.5 Å². The summed E-state index contributed by atoms with van der Waals surface area (Å²) in [6.07, 6.45) is 7.90. The number of nitrogens with one attached hydrogen (secondary N) is 1. The summed E-state index contributed by atoms with van der Waals surface area (Å²) in [5.41, 5.74) is 1.00.